The van der Waals surface area contributed by atoms with Crippen molar-refractivity contribution in [2.24, 2.45) is 0 Å². The molecular formula is C18H25BrN4O2. The molecule has 1 aromatic carbocycles. The molecule has 0 spiro atoms. The van der Waals surface area contributed by atoms with Crippen LogP contribution in [-0.2, 0) is 16.0 Å². The fraction of sp³-hybridized carbons (Fsp3) is 0.556. The SMILES string of the molecule is CC(=O)N(C(=O)CCN1CCN(C)CC1)c1cc(Br)cc2c1NCC2. The fourth-order valence-corrected chi connectivity index (χ4v) is 3.96. The van der Waals surface area contributed by atoms with E-state index in [4.69, 9.17) is 0 Å². The second-order valence-corrected chi connectivity index (χ2v) is 7.69. The van der Waals surface area contributed by atoms with Crippen molar-refractivity contribution in [3.63, 3.8) is 0 Å². The van der Waals surface area contributed by atoms with Gasteiger partial charge in [0.2, 0.25) is 11.8 Å². The van der Waals surface area contributed by atoms with Gasteiger partial charge in [0.05, 0.1) is 11.4 Å². The van der Waals surface area contributed by atoms with Crippen LogP contribution in [0.3, 0.4) is 0 Å². The van der Waals surface area contributed by atoms with Gasteiger partial charge < -0.3 is 15.1 Å². The van der Waals surface area contributed by atoms with Crippen molar-refractivity contribution >= 4 is 39.1 Å². The lowest BCUT2D eigenvalue weighted by Crippen LogP contribution is -2.46. The number of anilines is 2. The monoisotopic (exact) mass is 408 g/mol. The molecule has 2 aliphatic rings. The first kappa shape index (κ1) is 18.4. The molecule has 0 radical (unpaired) electrons. The van der Waals surface area contributed by atoms with Crippen molar-refractivity contribution in [3.8, 4) is 0 Å². The molecule has 3 rings (SSSR count). The Labute approximate surface area is 157 Å². The Balaban J connectivity index is 1.73. The van der Waals surface area contributed by atoms with Crippen LogP contribution >= 0.6 is 15.9 Å². The second kappa shape index (κ2) is 7.85. The number of benzene rings is 1. The van der Waals surface area contributed by atoms with Crippen LogP contribution in [-0.4, -0.2) is 67.9 Å². The van der Waals surface area contributed by atoms with Gasteiger partial charge in [0.25, 0.3) is 0 Å². The summed E-state index contributed by atoms with van der Waals surface area (Å²) in [6.45, 7) is 6.97. The van der Waals surface area contributed by atoms with Crippen molar-refractivity contribution in [2.45, 2.75) is 19.8 Å². The van der Waals surface area contributed by atoms with E-state index in [-0.39, 0.29) is 11.8 Å². The Morgan fingerprint density at radius 1 is 1.24 bits per heavy atom. The standard InChI is InChI=1S/C18H25BrN4O2/c1-13(24)23(16-12-15(19)11-14-3-5-20-18(14)16)17(25)4-6-22-9-7-21(2)8-10-22/h11-12,20H,3-10H2,1-2H3. The molecule has 0 atom stereocenters. The smallest absolute Gasteiger partial charge is 0.235 e. The van der Waals surface area contributed by atoms with Gasteiger partial charge in [-0.05, 0) is 31.2 Å². The van der Waals surface area contributed by atoms with Crippen molar-refractivity contribution in [2.75, 3.05) is 56.5 Å². The molecule has 1 N–H and O–H groups in total. The molecule has 0 saturated carbocycles. The zero-order valence-corrected chi connectivity index (χ0v) is 16.4. The van der Waals surface area contributed by atoms with E-state index in [1.165, 1.54) is 11.8 Å². The third-order valence-corrected chi connectivity index (χ3v) is 5.36. The number of halogens is 1. The van der Waals surface area contributed by atoms with Crippen LogP contribution in [0.5, 0.6) is 0 Å². The summed E-state index contributed by atoms with van der Waals surface area (Å²) in [6, 6.07) is 3.90. The Bertz CT molecular complexity index is 671. The predicted octanol–water partition coefficient (Wildman–Crippen LogP) is 1.93. The van der Waals surface area contributed by atoms with Gasteiger partial charge in [0.15, 0.2) is 0 Å². The number of rotatable bonds is 4. The molecule has 2 amide bonds. The lowest BCUT2D eigenvalue weighted by Gasteiger charge is -2.32. The molecular weight excluding hydrogens is 384 g/mol. The molecule has 0 unspecified atom stereocenters. The third kappa shape index (κ3) is 4.22. The molecule has 7 heteroatoms. The molecule has 25 heavy (non-hydrogen) atoms. The first-order chi connectivity index (χ1) is 12.0. The number of amides is 2. The maximum absolute atomic E-state index is 12.8. The maximum atomic E-state index is 12.8. The zero-order chi connectivity index (χ0) is 18.0. The Hall–Kier alpha value is -1.44. The van der Waals surface area contributed by atoms with Crippen LogP contribution in [0.25, 0.3) is 0 Å². The molecule has 1 fully saturated rings. The summed E-state index contributed by atoms with van der Waals surface area (Å²) in [7, 11) is 2.11. The van der Waals surface area contributed by atoms with Gasteiger partial charge in [-0.1, -0.05) is 15.9 Å². The van der Waals surface area contributed by atoms with Crippen LogP contribution in [0.15, 0.2) is 16.6 Å². The third-order valence-electron chi connectivity index (χ3n) is 4.90. The van der Waals surface area contributed by atoms with Crippen molar-refractivity contribution in [3.05, 3.63) is 22.2 Å². The number of nitrogens with one attached hydrogen (secondary N) is 1. The zero-order valence-electron chi connectivity index (χ0n) is 14.8. The Kier molecular flexibility index (Phi) is 5.76. The first-order valence-electron chi connectivity index (χ1n) is 8.76. The van der Waals surface area contributed by atoms with Crippen LogP contribution in [0.2, 0.25) is 0 Å². The average Bonchev–Trinajstić information content (AvgIpc) is 3.02. The minimum Gasteiger partial charge on any atom is -0.383 e. The van der Waals surface area contributed by atoms with Gasteiger partial charge in [-0.2, -0.15) is 0 Å². The molecule has 0 aliphatic carbocycles. The predicted molar refractivity (Wildman–Crippen MR) is 103 cm³/mol. The van der Waals surface area contributed by atoms with Crippen molar-refractivity contribution in [1.82, 2.24) is 9.80 Å². The van der Waals surface area contributed by atoms with E-state index in [0.717, 1.165) is 54.9 Å². The molecule has 0 bridgehead atoms. The fourth-order valence-electron chi connectivity index (χ4n) is 3.46. The Morgan fingerprint density at radius 2 is 1.96 bits per heavy atom. The normalized spacial score (nSPS) is 17.9. The topological polar surface area (TPSA) is 55.9 Å². The summed E-state index contributed by atoms with van der Waals surface area (Å²) < 4.78 is 0.892. The van der Waals surface area contributed by atoms with Crippen LogP contribution < -0.4 is 10.2 Å². The number of likely N-dealkylation sites (N-methyl/N-ethyl adjacent to an activating group) is 1. The summed E-state index contributed by atoms with van der Waals surface area (Å²) in [5.41, 5.74) is 2.71. The highest BCUT2D eigenvalue weighted by Gasteiger charge is 2.27. The Morgan fingerprint density at radius 3 is 2.64 bits per heavy atom. The molecule has 1 aromatic rings. The first-order valence-corrected chi connectivity index (χ1v) is 9.55. The van der Waals surface area contributed by atoms with Crippen LogP contribution in [0.4, 0.5) is 11.4 Å². The highest BCUT2D eigenvalue weighted by atomic mass is 79.9. The van der Waals surface area contributed by atoms with E-state index in [9.17, 15) is 9.59 Å². The number of piperazine rings is 1. The number of nitrogens with zero attached hydrogens (tertiary/aromatic N) is 3. The van der Waals surface area contributed by atoms with E-state index < -0.39 is 0 Å². The minimum absolute atomic E-state index is 0.138. The van der Waals surface area contributed by atoms with Crippen molar-refractivity contribution in [1.29, 1.82) is 0 Å². The minimum atomic E-state index is -0.239. The molecule has 136 valence electrons. The molecule has 6 nitrogen and oxygen atoms in total. The van der Waals surface area contributed by atoms with E-state index >= 15 is 0 Å². The lowest BCUT2D eigenvalue weighted by atomic mass is 10.1. The van der Waals surface area contributed by atoms with E-state index in [0.29, 0.717) is 18.7 Å². The average molecular weight is 409 g/mol. The molecule has 0 aromatic heterocycles. The van der Waals surface area contributed by atoms with Gasteiger partial charge >= 0.3 is 0 Å². The van der Waals surface area contributed by atoms with Gasteiger partial charge in [-0.3, -0.25) is 9.59 Å². The molecule has 1 saturated heterocycles. The van der Waals surface area contributed by atoms with E-state index in [2.05, 4.69) is 38.1 Å². The van der Waals surface area contributed by atoms with Crippen LogP contribution in [0.1, 0.15) is 18.9 Å². The maximum Gasteiger partial charge on any atom is 0.235 e. The second-order valence-electron chi connectivity index (χ2n) is 6.78. The highest BCUT2D eigenvalue weighted by molar-refractivity contribution is 9.10. The number of fused-ring (bicyclic) bond motifs is 1. The van der Waals surface area contributed by atoms with E-state index in [1.54, 1.807) is 0 Å². The number of hydrogen-bond acceptors (Lipinski definition) is 5. The number of carbonyl (C=O) groups excluding carboxylic acids is 2. The van der Waals surface area contributed by atoms with E-state index in [1.807, 2.05) is 12.1 Å². The number of carbonyl (C=O) groups is 2. The highest BCUT2D eigenvalue weighted by Crippen LogP contribution is 2.37. The summed E-state index contributed by atoms with van der Waals surface area (Å²) in [5.74, 6) is -0.377. The number of hydrogen-bond donors (Lipinski definition) is 1. The molecule has 2 aliphatic heterocycles. The van der Waals surface area contributed by atoms with Gasteiger partial charge in [-0.15, -0.1) is 0 Å². The quantitative estimate of drug-likeness (QED) is 0.824. The lowest BCUT2D eigenvalue weighted by molar-refractivity contribution is -0.125. The van der Waals surface area contributed by atoms with Gasteiger partial charge in [0.1, 0.15) is 0 Å². The van der Waals surface area contributed by atoms with Gasteiger partial charge in [-0.25, -0.2) is 4.90 Å². The molecule has 2 heterocycles. The van der Waals surface area contributed by atoms with Crippen molar-refractivity contribution < 1.29 is 9.59 Å². The van der Waals surface area contributed by atoms with Gasteiger partial charge in [0, 0.05) is 57.1 Å². The van der Waals surface area contributed by atoms with Crippen LogP contribution in [0, 0.1) is 0 Å². The summed E-state index contributed by atoms with van der Waals surface area (Å²) in [6.07, 6.45) is 1.26. The number of imide groups is 1. The summed E-state index contributed by atoms with van der Waals surface area (Å²) >= 11 is 3.50. The largest absolute Gasteiger partial charge is 0.383 e. The summed E-state index contributed by atoms with van der Waals surface area (Å²) in [5, 5.41) is 3.31. The summed E-state index contributed by atoms with van der Waals surface area (Å²) in [4.78, 5) is 31.0.